The summed E-state index contributed by atoms with van der Waals surface area (Å²) in [4.78, 5) is 15.7. The van der Waals surface area contributed by atoms with Gasteiger partial charge in [0.05, 0.1) is 17.2 Å². The lowest BCUT2D eigenvalue weighted by molar-refractivity contribution is 0.605. The predicted octanol–water partition coefficient (Wildman–Crippen LogP) is 2.34. The molecule has 0 aliphatic carbocycles. The van der Waals surface area contributed by atoms with Crippen LogP contribution in [0.15, 0.2) is 52.0 Å². The first-order valence-electron chi connectivity index (χ1n) is 4.61. The van der Waals surface area contributed by atoms with Crippen molar-refractivity contribution in [3.8, 4) is 0 Å². The maximum absolute atomic E-state index is 11.5. The quantitative estimate of drug-likeness (QED) is 0.519. The standard InChI is InChI=1S/C12H7NO2/c14-11-5-6-15-12-8-3-1-2-4-10(8)13-7-9(11)12/h1-7H. The van der Waals surface area contributed by atoms with E-state index in [0.717, 1.165) is 10.9 Å². The topological polar surface area (TPSA) is 43.1 Å². The van der Waals surface area contributed by atoms with Gasteiger partial charge in [-0.25, -0.2) is 0 Å². The van der Waals surface area contributed by atoms with Gasteiger partial charge < -0.3 is 4.42 Å². The van der Waals surface area contributed by atoms with Crippen molar-refractivity contribution in [3.63, 3.8) is 0 Å². The molecule has 3 rings (SSSR count). The van der Waals surface area contributed by atoms with E-state index >= 15 is 0 Å². The second-order valence-electron chi connectivity index (χ2n) is 3.30. The molecule has 1 aromatic carbocycles. The fourth-order valence-corrected chi connectivity index (χ4v) is 1.67. The van der Waals surface area contributed by atoms with Crippen LogP contribution in [0.2, 0.25) is 0 Å². The van der Waals surface area contributed by atoms with Gasteiger partial charge in [0.25, 0.3) is 0 Å². The molecule has 72 valence electrons. The Kier molecular flexibility index (Phi) is 1.59. The number of nitrogens with zero attached hydrogens (tertiary/aromatic N) is 1. The van der Waals surface area contributed by atoms with Crippen molar-refractivity contribution < 1.29 is 4.42 Å². The smallest absolute Gasteiger partial charge is 0.194 e. The van der Waals surface area contributed by atoms with Crippen LogP contribution in [0.4, 0.5) is 0 Å². The van der Waals surface area contributed by atoms with Crippen LogP contribution in [-0.4, -0.2) is 4.98 Å². The van der Waals surface area contributed by atoms with Gasteiger partial charge in [-0.05, 0) is 12.1 Å². The monoisotopic (exact) mass is 197 g/mol. The summed E-state index contributed by atoms with van der Waals surface area (Å²) in [6, 6.07) is 8.99. The summed E-state index contributed by atoms with van der Waals surface area (Å²) < 4.78 is 5.37. The molecule has 0 saturated heterocycles. The fraction of sp³-hybridized carbons (Fsp3) is 0. The zero-order chi connectivity index (χ0) is 10.3. The van der Waals surface area contributed by atoms with Crippen LogP contribution in [0, 0.1) is 0 Å². The first-order valence-corrected chi connectivity index (χ1v) is 4.61. The normalized spacial score (nSPS) is 10.9. The maximum atomic E-state index is 11.5. The van der Waals surface area contributed by atoms with E-state index in [1.807, 2.05) is 24.3 Å². The Morgan fingerprint density at radius 3 is 2.87 bits per heavy atom. The zero-order valence-electron chi connectivity index (χ0n) is 7.81. The highest BCUT2D eigenvalue weighted by Gasteiger charge is 2.04. The van der Waals surface area contributed by atoms with E-state index in [-0.39, 0.29) is 5.43 Å². The van der Waals surface area contributed by atoms with Crippen LogP contribution >= 0.6 is 0 Å². The van der Waals surface area contributed by atoms with Crippen molar-refractivity contribution in [1.29, 1.82) is 0 Å². The van der Waals surface area contributed by atoms with Gasteiger partial charge in [0, 0.05) is 17.6 Å². The van der Waals surface area contributed by atoms with Crippen LogP contribution in [0.25, 0.3) is 21.9 Å². The zero-order valence-corrected chi connectivity index (χ0v) is 7.81. The van der Waals surface area contributed by atoms with E-state index in [0.29, 0.717) is 11.0 Å². The minimum atomic E-state index is -0.0606. The van der Waals surface area contributed by atoms with E-state index in [1.165, 1.54) is 12.3 Å². The van der Waals surface area contributed by atoms with Crippen LogP contribution in [0.5, 0.6) is 0 Å². The Labute approximate surface area is 85.0 Å². The van der Waals surface area contributed by atoms with E-state index in [4.69, 9.17) is 4.42 Å². The first-order chi connectivity index (χ1) is 7.36. The van der Waals surface area contributed by atoms with E-state index in [1.54, 1.807) is 6.20 Å². The molecule has 0 fully saturated rings. The van der Waals surface area contributed by atoms with Crippen molar-refractivity contribution in [2.75, 3.05) is 0 Å². The number of pyridine rings is 1. The maximum Gasteiger partial charge on any atom is 0.194 e. The lowest BCUT2D eigenvalue weighted by Crippen LogP contribution is -1.98. The summed E-state index contributed by atoms with van der Waals surface area (Å²) >= 11 is 0. The fourth-order valence-electron chi connectivity index (χ4n) is 1.67. The van der Waals surface area contributed by atoms with Crippen molar-refractivity contribution in [2.45, 2.75) is 0 Å². The molecule has 0 N–H and O–H groups in total. The molecule has 0 spiro atoms. The highest BCUT2D eigenvalue weighted by atomic mass is 16.3. The number of rotatable bonds is 0. The summed E-state index contributed by atoms with van der Waals surface area (Å²) in [6.45, 7) is 0. The summed E-state index contributed by atoms with van der Waals surface area (Å²) in [5, 5.41) is 1.39. The average molecular weight is 197 g/mol. The SMILES string of the molecule is O=c1ccoc2c1cnc1ccccc12. The van der Waals surface area contributed by atoms with Gasteiger partial charge in [-0.3, -0.25) is 9.78 Å². The molecular formula is C12H7NO2. The summed E-state index contributed by atoms with van der Waals surface area (Å²) in [7, 11) is 0. The predicted molar refractivity (Wildman–Crippen MR) is 57.8 cm³/mol. The Balaban J connectivity index is 2.67. The lowest BCUT2D eigenvalue weighted by Gasteiger charge is -1.99. The number of hydrogen-bond donors (Lipinski definition) is 0. The number of aromatic nitrogens is 1. The summed E-state index contributed by atoms with van der Waals surface area (Å²) in [5.41, 5.74) is 1.38. The Bertz CT molecular complexity index is 700. The molecule has 2 aromatic heterocycles. The summed E-state index contributed by atoms with van der Waals surface area (Å²) in [5.74, 6) is 0. The van der Waals surface area contributed by atoms with Crippen molar-refractivity contribution in [3.05, 3.63) is 53.0 Å². The molecule has 0 unspecified atom stereocenters. The number of benzene rings is 1. The highest BCUT2D eigenvalue weighted by Crippen LogP contribution is 2.20. The van der Waals surface area contributed by atoms with Gasteiger partial charge in [0.2, 0.25) is 0 Å². The molecule has 0 bridgehead atoms. The third-order valence-corrected chi connectivity index (χ3v) is 2.40. The molecular weight excluding hydrogens is 190 g/mol. The molecule has 0 aliphatic heterocycles. The molecule has 0 atom stereocenters. The van der Waals surface area contributed by atoms with Crippen LogP contribution < -0.4 is 5.43 Å². The average Bonchev–Trinajstić information content (AvgIpc) is 2.29. The molecule has 0 amide bonds. The molecule has 3 aromatic rings. The third-order valence-electron chi connectivity index (χ3n) is 2.40. The second kappa shape index (κ2) is 2.92. The molecule has 0 aliphatic rings. The largest absolute Gasteiger partial charge is 0.463 e. The molecule has 2 heterocycles. The minimum absolute atomic E-state index is 0.0606. The Morgan fingerprint density at radius 1 is 1.07 bits per heavy atom. The van der Waals surface area contributed by atoms with E-state index in [9.17, 15) is 4.79 Å². The van der Waals surface area contributed by atoms with Gasteiger partial charge in [-0.1, -0.05) is 12.1 Å². The lowest BCUT2D eigenvalue weighted by atomic mass is 10.1. The van der Waals surface area contributed by atoms with Crippen molar-refractivity contribution in [2.24, 2.45) is 0 Å². The van der Waals surface area contributed by atoms with E-state index in [2.05, 4.69) is 4.98 Å². The molecule has 0 saturated carbocycles. The molecule has 0 radical (unpaired) electrons. The molecule has 15 heavy (non-hydrogen) atoms. The summed E-state index contributed by atoms with van der Waals surface area (Å²) in [6.07, 6.45) is 2.97. The Hall–Kier alpha value is -2.16. The van der Waals surface area contributed by atoms with Gasteiger partial charge in [0.15, 0.2) is 5.43 Å². The van der Waals surface area contributed by atoms with Gasteiger partial charge >= 0.3 is 0 Å². The van der Waals surface area contributed by atoms with Gasteiger partial charge in [-0.2, -0.15) is 0 Å². The van der Waals surface area contributed by atoms with Gasteiger partial charge in [-0.15, -0.1) is 0 Å². The van der Waals surface area contributed by atoms with Crippen molar-refractivity contribution in [1.82, 2.24) is 4.98 Å². The third kappa shape index (κ3) is 1.13. The number of hydrogen-bond acceptors (Lipinski definition) is 3. The number of para-hydroxylation sites is 1. The van der Waals surface area contributed by atoms with E-state index < -0.39 is 0 Å². The Morgan fingerprint density at radius 2 is 1.93 bits per heavy atom. The molecule has 3 heteroatoms. The second-order valence-corrected chi connectivity index (χ2v) is 3.30. The minimum Gasteiger partial charge on any atom is -0.463 e. The van der Waals surface area contributed by atoms with Crippen molar-refractivity contribution >= 4 is 21.9 Å². The first kappa shape index (κ1) is 8.17. The highest BCUT2D eigenvalue weighted by molar-refractivity contribution is 6.01. The van der Waals surface area contributed by atoms with Crippen LogP contribution in [0.1, 0.15) is 0 Å². The van der Waals surface area contributed by atoms with Crippen LogP contribution in [0.3, 0.4) is 0 Å². The van der Waals surface area contributed by atoms with Crippen LogP contribution in [-0.2, 0) is 0 Å². The number of fused-ring (bicyclic) bond motifs is 3. The van der Waals surface area contributed by atoms with Gasteiger partial charge in [0.1, 0.15) is 5.58 Å². The molecule has 3 nitrogen and oxygen atoms in total.